The molecule has 0 bridgehead atoms. The average molecular weight is 275 g/mol. The standard InChI is InChI=1S/C14H11BrO/c1-10-5-6-12(9-16)14(7-10)11-3-2-4-13(15)8-11/h2-9H,1H3. The average Bonchev–Trinajstić information content (AvgIpc) is 2.29. The van der Waals surface area contributed by atoms with E-state index in [9.17, 15) is 4.79 Å². The fraction of sp³-hybridized carbons (Fsp3) is 0.0714. The summed E-state index contributed by atoms with van der Waals surface area (Å²) in [7, 11) is 0. The molecule has 0 saturated carbocycles. The molecule has 1 nitrogen and oxygen atoms in total. The number of aldehydes is 1. The first-order valence-corrected chi connectivity index (χ1v) is 5.82. The lowest BCUT2D eigenvalue weighted by molar-refractivity contribution is 0.112. The van der Waals surface area contributed by atoms with Crippen LogP contribution in [0.3, 0.4) is 0 Å². The lowest BCUT2D eigenvalue weighted by Gasteiger charge is -2.06. The van der Waals surface area contributed by atoms with Crippen LogP contribution in [0.2, 0.25) is 0 Å². The second-order valence-electron chi connectivity index (χ2n) is 3.72. The lowest BCUT2D eigenvalue weighted by atomic mass is 9.98. The molecule has 0 amide bonds. The Morgan fingerprint density at radius 2 is 1.94 bits per heavy atom. The summed E-state index contributed by atoms with van der Waals surface area (Å²) < 4.78 is 1.02. The van der Waals surface area contributed by atoms with E-state index in [1.54, 1.807) is 0 Å². The first kappa shape index (κ1) is 11.1. The van der Waals surface area contributed by atoms with Gasteiger partial charge in [0, 0.05) is 10.0 Å². The quantitative estimate of drug-likeness (QED) is 0.749. The lowest BCUT2D eigenvalue weighted by Crippen LogP contribution is -1.88. The molecule has 80 valence electrons. The molecule has 0 aromatic heterocycles. The van der Waals surface area contributed by atoms with Crippen molar-refractivity contribution in [1.29, 1.82) is 0 Å². The number of carbonyl (C=O) groups excluding carboxylic acids is 1. The Morgan fingerprint density at radius 3 is 2.62 bits per heavy atom. The van der Waals surface area contributed by atoms with Gasteiger partial charge in [0.05, 0.1) is 0 Å². The van der Waals surface area contributed by atoms with Gasteiger partial charge < -0.3 is 0 Å². The monoisotopic (exact) mass is 274 g/mol. The Hall–Kier alpha value is -1.41. The fourth-order valence-electron chi connectivity index (χ4n) is 1.68. The van der Waals surface area contributed by atoms with Crippen LogP contribution in [0.15, 0.2) is 46.9 Å². The molecule has 0 aliphatic heterocycles. The van der Waals surface area contributed by atoms with Crippen LogP contribution in [0.4, 0.5) is 0 Å². The molecule has 0 heterocycles. The topological polar surface area (TPSA) is 17.1 Å². The number of aryl methyl sites for hydroxylation is 1. The molecule has 16 heavy (non-hydrogen) atoms. The minimum Gasteiger partial charge on any atom is -0.298 e. The second kappa shape index (κ2) is 4.62. The maximum absolute atomic E-state index is 11.0. The molecule has 0 N–H and O–H groups in total. The predicted octanol–water partition coefficient (Wildman–Crippen LogP) is 4.24. The Kier molecular flexibility index (Phi) is 3.20. The Bertz CT molecular complexity index is 532. The molecule has 2 aromatic rings. The van der Waals surface area contributed by atoms with Crippen LogP contribution in [0.5, 0.6) is 0 Å². The number of rotatable bonds is 2. The number of halogens is 1. The van der Waals surface area contributed by atoms with Gasteiger partial charge in [0.15, 0.2) is 6.29 Å². The van der Waals surface area contributed by atoms with Gasteiger partial charge in [-0.2, -0.15) is 0 Å². The zero-order valence-corrected chi connectivity index (χ0v) is 10.5. The smallest absolute Gasteiger partial charge is 0.150 e. The number of hydrogen-bond donors (Lipinski definition) is 0. The highest BCUT2D eigenvalue weighted by molar-refractivity contribution is 9.10. The third-order valence-electron chi connectivity index (χ3n) is 2.47. The number of carbonyl (C=O) groups is 1. The fourth-order valence-corrected chi connectivity index (χ4v) is 2.08. The van der Waals surface area contributed by atoms with E-state index in [2.05, 4.69) is 15.9 Å². The van der Waals surface area contributed by atoms with Gasteiger partial charge in [-0.3, -0.25) is 4.79 Å². The van der Waals surface area contributed by atoms with E-state index in [1.165, 1.54) is 0 Å². The van der Waals surface area contributed by atoms with Crippen LogP contribution in [0.1, 0.15) is 15.9 Å². The highest BCUT2D eigenvalue weighted by Gasteiger charge is 2.04. The van der Waals surface area contributed by atoms with Crippen molar-refractivity contribution in [2.24, 2.45) is 0 Å². The van der Waals surface area contributed by atoms with Crippen molar-refractivity contribution in [3.8, 4) is 11.1 Å². The van der Waals surface area contributed by atoms with Crippen molar-refractivity contribution < 1.29 is 4.79 Å². The molecule has 0 aliphatic rings. The molecule has 2 heteroatoms. The highest BCUT2D eigenvalue weighted by Crippen LogP contribution is 2.26. The van der Waals surface area contributed by atoms with Crippen LogP contribution in [-0.2, 0) is 0 Å². The molecule has 2 rings (SSSR count). The van der Waals surface area contributed by atoms with E-state index in [0.29, 0.717) is 0 Å². The van der Waals surface area contributed by atoms with Crippen molar-refractivity contribution in [2.75, 3.05) is 0 Å². The molecule has 0 radical (unpaired) electrons. The van der Waals surface area contributed by atoms with Crippen LogP contribution < -0.4 is 0 Å². The van der Waals surface area contributed by atoms with E-state index >= 15 is 0 Å². The summed E-state index contributed by atoms with van der Waals surface area (Å²) in [5.74, 6) is 0. The first-order valence-electron chi connectivity index (χ1n) is 5.02. The normalized spacial score (nSPS) is 10.1. The summed E-state index contributed by atoms with van der Waals surface area (Å²) in [6.45, 7) is 2.02. The molecular weight excluding hydrogens is 264 g/mol. The van der Waals surface area contributed by atoms with E-state index in [4.69, 9.17) is 0 Å². The summed E-state index contributed by atoms with van der Waals surface area (Å²) >= 11 is 3.44. The summed E-state index contributed by atoms with van der Waals surface area (Å²) in [5.41, 5.74) is 3.92. The predicted molar refractivity (Wildman–Crippen MR) is 69.7 cm³/mol. The van der Waals surface area contributed by atoms with Crippen molar-refractivity contribution in [1.82, 2.24) is 0 Å². The van der Waals surface area contributed by atoms with Gasteiger partial charge in [0.1, 0.15) is 0 Å². The minimum absolute atomic E-state index is 0.726. The van der Waals surface area contributed by atoms with Gasteiger partial charge in [-0.05, 0) is 30.2 Å². The van der Waals surface area contributed by atoms with Gasteiger partial charge in [0.2, 0.25) is 0 Å². The zero-order chi connectivity index (χ0) is 11.5. The summed E-state index contributed by atoms with van der Waals surface area (Å²) in [6, 6.07) is 13.8. The minimum atomic E-state index is 0.726. The Balaban J connectivity index is 2.62. The van der Waals surface area contributed by atoms with E-state index in [1.807, 2.05) is 49.4 Å². The van der Waals surface area contributed by atoms with Crippen molar-refractivity contribution in [3.63, 3.8) is 0 Å². The molecule has 0 unspecified atom stereocenters. The molecule has 0 atom stereocenters. The van der Waals surface area contributed by atoms with E-state index in [0.717, 1.165) is 33.0 Å². The molecule has 0 saturated heterocycles. The van der Waals surface area contributed by atoms with Crippen molar-refractivity contribution in [2.45, 2.75) is 6.92 Å². The summed E-state index contributed by atoms with van der Waals surface area (Å²) in [4.78, 5) is 11.0. The van der Waals surface area contributed by atoms with Crippen LogP contribution in [0, 0.1) is 6.92 Å². The number of hydrogen-bond acceptors (Lipinski definition) is 1. The first-order chi connectivity index (χ1) is 7.70. The van der Waals surface area contributed by atoms with Gasteiger partial charge in [-0.1, -0.05) is 51.8 Å². The third-order valence-corrected chi connectivity index (χ3v) is 2.96. The van der Waals surface area contributed by atoms with E-state index in [-0.39, 0.29) is 0 Å². The van der Waals surface area contributed by atoms with Gasteiger partial charge in [0.25, 0.3) is 0 Å². The maximum atomic E-state index is 11.0. The second-order valence-corrected chi connectivity index (χ2v) is 4.63. The SMILES string of the molecule is Cc1ccc(C=O)c(-c2cccc(Br)c2)c1. The molecule has 0 spiro atoms. The van der Waals surface area contributed by atoms with Gasteiger partial charge in [-0.15, -0.1) is 0 Å². The molecule has 2 aromatic carbocycles. The Labute approximate surface area is 103 Å². The Morgan fingerprint density at radius 1 is 1.12 bits per heavy atom. The van der Waals surface area contributed by atoms with Gasteiger partial charge in [-0.25, -0.2) is 0 Å². The molecule has 0 aliphatic carbocycles. The summed E-state index contributed by atoms with van der Waals surface area (Å²) in [5, 5.41) is 0. The van der Waals surface area contributed by atoms with Gasteiger partial charge >= 0.3 is 0 Å². The highest BCUT2D eigenvalue weighted by atomic mass is 79.9. The van der Waals surface area contributed by atoms with Crippen molar-refractivity contribution >= 4 is 22.2 Å². The molecule has 0 fully saturated rings. The van der Waals surface area contributed by atoms with Crippen LogP contribution in [0.25, 0.3) is 11.1 Å². The van der Waals surface area contributed by atoms with E-state index < -0.39 is 0 Å². The van der Waals surface area contributed by atoms with Crippen LogP contribution >= 0.6 is 15.9 Å². The third kappa shape index (κ3) is 2.22. The largest absolute Gasteiger partial charge is 0.298 e. The molecular formula is C14H11BrO. The number of benzene rings is 2. The van der Waals surface area contributed by atoms with Crippen molar-refractivity contribution in [3.05, 3.63) is 58.1 Å². The maximum Gasteiger partial charge on any atom is 0.150 e. The zero-order valence-electron chi connectivity index (χ0n) is 8.91. The van der Waals surface area contributed by atoms with Crippen LogP contribution in [-0.4, -0.2) is 6.29 Å². The summed E-state index contributed by atoms with van der Waals surface area (Å²) in [6.07, 6.45) is 0.898.